The second kappa shape index (κ2) is 9.05. The Morgan fingerprint density at radius 2 is 1.52 bits per heavy atom. The van der Waals surface area contributed by atoms with Crippen molar-refractivity contribution in [1.82, 2.24) is 0 Å². The molecule has 3 aromatic carbocycles. The van der Waals surface area contributed by atoms with Crippen LogP contribution in [0.1, 0.15) is 11.1 Å². The Labute approximate surface area is 166 Å². The molecule has 8 nitrogen and oxygen atoms in total. The summed E-state index contributed by atoms with van der Waals surface area (Å²) in [5.74, 6) is 0. The van der Waals surface area contributed by atoms with Crippen LogP contribution >= 0.6 is 0 Å². The van der Waals surface area contributed by atoms with Crippen LogP contribution in [-0.2, 0) is 0 Å². The van der Waals surface area contributed by atoms with Gasteiger partial charge in [-0.15, -0.1) is 0 Å². The summed E-state index contributed by atoms with van der Waals surface area (Å²) >= 11 is 0. The molecule has 1 N–H and O–H groups in total. The normalized spacial score (nSPS) is 11.4. The average molecular weight is 388 g/mol. The summed E-state index contributed by atoms with van der Waals surface area (Å²) in [5.41, 5.74) is 4.25. The maximum Gasteiger partial charge on any atom is 0.301 e. The molecular weight excluding hydrogens is 372 g/mol. The van der Waals surface area contributed by atoms with Gasteiger partial charge < -0.3 is 0 Å². The first-order chi connectivity index (χ1) is 14.0. The first kappa shape index (κ1) is 19.4. The molecule has 0 heterocycles. The monoisotopic (exact) mass is 388 g/mol. The summed E-state index contributed by atoms with van der Waals surface area (Å²) < 4.78 is 0. The van der Waals surface area contributed by atoms with Crippen LogP contribution in [0.4, 0.5) is 17.1 Å². The molecule has 0 fully saturated rings. The highest BCUT2D eigenvalue weighted by molar-refractivity contribution is 6.11. The topological polar surface area (TPSA) is 111 Å². The van der Waals surface area contributed by atoms with E-state index in [4.69, 9.17) is 0 Å². The van der Waals surface area contributed by atoms with Gasteiger partial charge in [-0.1, -0.05) is 66.7 Å². The molecule has 0 saturated carbocycles. The van der Waals surface area contributed by atoms with Gasteiger partial charge in [-0.3, -0.25) is 25.7 Å². The number of nitro groups is 2. The number of hydrazone groups is 1. The molecule has 0 bridgehead atoms. The maximum absolute atomic E-state index is 11.3. The number of rotatable bonds is 7. The van der Waals surface area contributed by atoms with E-state index in [2.05, 4.69) is 10.5 Å². The van der Waals surface area contributed by atoms with Gasteiger partial charge in [0.2, 0.25) is 0 Å². The quantitative estimate of drug-likeness (QED) is 0.346. The minimum Gasteiger partial charge on any atom is -0.271 e. The third-order valence-electron chi connectivity index (χ3n) is 3.99. The highest BCUT2D eigenvalue weighted by Crippen LogP contribution is 2.29. The van der Waals surface area contributed by atoms with Crippen molar-refractivity contribution >= 4 is 28.8 Å². The number of anilines is 1. The fourth-order valence-electron chi connectivity index (χ4n) is 2.55. The summed E-state index contributed by atoms with van der Waals surface area (Å²) in [6, 6.07) is 22.3. The molecule has 3 rings (SSSR count). The van der Waals surface area contributed by atoms with E-state index in [-0.39, 0.29) is 11.4 Å². The molecule has 0 aromatic heterocycles. The predicted molar refractivity (Wildman–Crippen MR) is 112 cm³/mol. The van der Waals surface area contributed by atoms with E-state index >= 15 is 0 Å². The van der Waals surface area contributed by atoms with Gasteiger partial charge in [0.15, 0.2) is 0 Å². The van der Waals surface area contributed by atoms with E-state index in [9.17, 15) is 20.2 Å². The van der Waals surface area contributed by atoms with Crippen molar-refractivity contribution < 1.29 is 9.85 Å². The molecule has 3 aromatic rings. The number of nitro benzene ring substituents is 2. The molecule has 0 aliphatic carbocycles. The Hall–Kier alpha value is -4.33. The predicted octanol–water partition coefficient (Wildman–Crippen LogP) is 5.03. The van der Waals surface area contributed by atoms with E-state index in [0.717, 1.165) is 17.2 Å². The van der Waals surface area contributed by atoms with Crippen molar-refractivity contribution in [3.05, 3.63) is 116 Å². The van der Waals surface area contributed by atoms with Crippen LogP contribution < -0.4 is 5.43 Å². The van der Waals surface area contributed by atoms with E-state index in [1.807, 2.05) is 66.7 Å². The van der Waals surface area contributed by atoms with E-state index in [1.54, 1.807) is 6.08 Å². The number of non-ortho nitro benzene ring substituents is 1. The van der Waals surface area contributed by atoms with Crippen LogP contribution in [0, 0.1) is 20.2 Å². The zero-order chi connectivity index (χ0) is 20.6. The minimum absolute atomic E-state index is 0.0575. The van der Waals surface area contributed by atoms with Crippen molar-refractivity contribution in [3.8, 4) is 0 Å². The SMILES string of the molecule is O=[N+]([O-])c1ccc(N/N=C(/C=C/c2ccccc2)c2ccccc2)c([N+](=O)[O-])c1. The Kier molecular flexibility index (Phi) is 6.06. The van der Waals surface area contributed by atoms with E-state index in [1.165, 1.54) is 12.1 Å². The van der Waals surface area contributed by atoms with Crippen LogP contribution in [0.25, 0.3) is 6.08 Å². The van der Waals surface area contributed by atoms with Crippen molar-refractivity contribution in [1.29, 1.82) is 0 Å². The summed E-state index contributed by atoms with van der Waals surface area (Å²) in [6.07, 6.45) is 3.66. The zero-order valence-electron chi connectivity index (χ0n) is 15.1. The highest BCUT2D eigenvalue weighted by Gasteiger charge is 2.19. The maximum atomic E-state index is 11.3. The standard InChI is InChI=1S/C21H16N4O4/c26-24(27)18-12-14-20(21(15-18)25(28)29)23-22-19(17-9-5-2-6-10-17)13-11-16-7-3-1-4-8-16/h1-15,23H/b13-11+,22-19-. The lowest BCUT2D eigenvalue weighted by Crippen LogP contribution is -2.03. The third-order valence-corrected chi connectivity index (χ3v) is 3.99. The van der Waals surface area contributed by atoms with Gasteiger partial charge in [-0.05, 0) is 17.7 Å². The molecule has 0 saturated heterocycles. The lowest BCUT2D eigenvalue weighted by Gasteiger charge is -2.05. The van der Waals surface area contributed by atoms with Crippen molar-refractivity contribution in [2.45, 2.75) is 0 Å². The number of hydrogen-bond acceptors (Lipinski definition) is 6. The fourth-order valence-corrected chi connectivity index (χ4v) is 2.55. The molecule has 0 spiro atoms. The number of allylic oxidation sites excluding steroid dienone is 1. The summed E-state index contributed by atoms with van der Waals surface area (Å²) in [5, 5.41) is 26.5. The molecule has 144 valence electrons. The summed E-state index contributed by atoms with van der Waals surface area (Å²) in [4.78, 5) is 20.8. The van der Waals surface area contributed by atoms with Crippen molar-refractivity contribution in [2.24, 2.45) is 5.10 Å². The number of nitrogens with zero attached hydrogens (tertiary/aromatic N) is 3. The second-order valence-corrected chi connectivity index (χ2v) is 5.93. The van der Waals surface area contributed by atoms with Crippen molar-refractivity contribution in [3.63, 3.8) is 0 Å². The smallest absolute Gasteiger partial charge is 0.271 e. The van der Waals surface area contributed by atoms with Gasteiger partial charge in [0.05, 0.1) is 21.6 Å². The Bertz CT molecular complexity index is 1080. The van der Waals surface area contributed by atoms with E-state index < -0.39 is 15.5 Å². The lowest BCUT2D eigenvalue weighted by molar-refractivity contribution is -0.393. The van der Waals surface area contributed by atoms with Gasteiger partial charge in [0.1, 0.15) is 5.69 Å². The Morgan fingerprint density at radius 1 is 0.862 bits per heavy atom. The fraction of sp³-hybridized carbons (Fsp3) is 0. The third kappa shape index (κ3) is 5.10. The second-order valence-electron chi connectivity index (χ2n) is 5.93. The molecule has 0 amide bonds. The van der Waals surface area contributed by atoms with Gasteiger partial charge in [0.25, 0.3) is 5.69 Å². The van der Waals surface area contributed by atoms with Crippen LogP contribution in [-0.4, -0.2) is 15.6 Å². The molecule has 0 unspecified atom stereocenters. The molecule has 0 aliphatic rings. The largest absolute Gasteiger partial charge is 0.301 e. The number of nitrogens with one attached hydrogen (secondary N) is 1. The minimum atomic E-state index is -0.688. The van der Waals surface area contributed by atoms with Crippen LogP contribution in [0.5, 0.6) is 0 Å². The molecule has 29 heavy (non-hydrogen) atoms. The molecule has 0 aliphatic heterocycles. The lowest BCUT2D eigenvalue weighted by atomic mass is 10.1. The molecule has 0 atom stereocenters. The average Bonchev–Trinajstić information content (AvgIpc) is 2.75. The first-order valence-corrected chi connectivity index (χ1v) is 8.59. The van der Waals surface area contributed by atoms with Gasteiger partial charge in [0, 0.05) is 11.6 Å². The first-order valence-electron chi connectivity index (χ1n) is 8.59. The molecular formula is C21H16N4O4. The van der Waals surface area contributed by atoms with E-state index in [0.29, 0.717) is 5.71 Å². The van der Waals surface area contributed by atoms with Crippen LogP contribution in [0.3, 0.4) is 0 Å². The van der Waals surface area contributed by atoms with Crippen LogP contribution in [0.2, 0.25) is 0 Å². The highest BCUT2D eigenvalue weighted by atomic mass is 16.6. The molecule has 0 radical (unpaired) electrons. The van der Waals surface area contributed by atoms with Crippen LogP contribution in [0.15, 0.2) is 90.0 Å². The van der Waals surface area contributed by atoms with Gasteiger partial charge >= 0.3 is 5.69 Å². The Morgan fingerprint density at radius 3 is 2.14 bits per heavy atom. The Balaban J connectivity index is 1.96. The summed E-state index contributed by atoms with van der Waals surface area (Å²) in [7, 11) is 0. The van der Waals surface area contributed by atoms with Gasteiger partial charge in [-0.2, -0.15) is 5.10 Å². The number of benzene rings is 3. The number of hydrogen-bond donors (Lipinski definition) is 1. The summed E-state index contributed by atoms with van der Waals surface area (Å²) in [6.45, 7) is 0. The van der Waals surface area contributed by atoms with Gasteiger partial charge in [-0.25, -0.2) is 0 Å². The van der Waals surface area contributed by atoms with Crippen molar-refractivity contribution in [2.75, 3.05) is 5.43 Å². The zero-order valence-corrected chi connectivity index (χ0v) is 15.1. The molecule has 8 heteroatoms.